The van der Waals surface area contributed by atoms with E-state index in [2.05, 4.69) is 0 Å². The van der Waals surface area contributed by atoms with Gasteiger partial charge in [0, 0.05) is 7.11 Å². The number of hydrogen-bond acceptors (Lipinski definition) is 8. The molecule has 8 nitrogen and oxygen atoms in total. The number of carbonyl (C=O) groups is 1. The zero-order valence-corrected chi connectivity index (χ0v) is 21.8. The van der Waals surface area contributed by atoms with Crippen molar-refractivity contribution in [2.45, 2.75) is 44.2 Å². The summed E-state index contributed by atoms with van der Waals surface area (Å²) < 4.78 is 34.6. The Morgan fingerprint density at radius 3 is 1.53 bits per heavy atom. The van der Waals surface area contributed by atoms with E-state index in [0.717, 1.165) is 16.7 Å². The standard InChI is InChI=1S/C30H36O8/c1-33-22-38-29(30(32)34-2)28(37-21-25-16-10-5-11-17-25)27(36-20-24-14-8-4-9-15-24)26(18-31)35-19-23-12-6-3-7-13-23/h3-17,26-29,31H,18-22H2,1-2H3/t26-,27+,28-,29+/m0/s1. The van der Waals surface area contributed by atoms with Crippen LogP contribution in [-0.2, 0) is 53.0 Å². The predicted octanol–water partition coefficient (Wildman–Crippen LogP) is 3.90. The summed E-state index contributed by atoms with van der Waals surface area (Å²) in [6.07, 6.45) is -3.97. The molecule has 0 aliphatic heterocycles. The minimum Gasteiger partial charge on any atom is -0.467 e. The molecule has 0 bridgehead atoms. The van der Waals surface area contributed by atoms with Crippen molar-refractivity contribution in [3.05, 3.63) is 108 Å². The van der Waals surface area contributed by atoms with Gasteiger partial charge in [-0.1, -0.05) is 91.0 Å². The molecule has 0 unspecified atom stereocenters. The third kappa shape index (κ3) is 9.33. The molecule has 0 aliphatic rings. The first-order valence-electron chi connectivity index (χ1n) is 12.4. The van der Waals surface area contributed by atoms with E-state index >= 15 is 0 Å². The van der Waals surface area contributed by atoms with Crippen molar-refractivity contribution < 1.29 is 38.3 Å². The first kappa shape index (κ1) is 29.4. The molecule has 0 amide bonds. The van der Waals surface area contributed by atoms with Crippen LogP contribution in [0, 0.1) is 0 Å². The number of rotatable bonds is 17. The Morgan fingerprint density at radius 1 is 0.658 bits per heavy atom. The Bertz CT molecular complexity index is 1030. The lowest BCUT2D eigenvalue weighted by molar-refractivity contribution is -0.216. The minimum absolute atomic E-state index is 0.164. The summed E-state index contributed by atoms with van der Waals surface area (Å²) in [5, 5.41) is 10.4. The van der Waals surface area contributed by atoms with Crippen molar-refractivity contribution in [3.8, 4) is 0 Å². The van der Waals surface area contributed by atoms with Gasteiger partial charge in [-0.25, -0.2) is 4.79 Å². The maximum atomic E-state index is 12.9. The van der Waals surface area contributed by atoms with Crippen LogP contribution < -0.4 is 0 Å². The van der Waals surface area contributed by atoms with E-state index in [-0.39, 0.29) is 33.2 Å². The monoisotopic (exact) mass is 524 g/mol. The average molecular weight is 525 g/mol. The lowest BCUT2D eigenvalue weighted by Gasteiger charge is -2.36. The highest BCUT2D eigenvalue weighted by Gasteiger charge is 2.42. The molecule has 3 rings (SSSR count). The molecule has 0 saturated heterocycles. The van der Waals surface area contributed by atoms with Crippen LogP contribution in [-0.4, -0.2) is 63.1 Å². The molecule has 204 valence electrons. The van der Waals surface area contributed by atoms with Gasteiger partial charge in [0.25, 0.3) is 0 Å². The summed E-state index contributed by atoms with van der Waals surface area (Å²) in [5.74, 6) is -0.659. The van der Waals surface area contributed by atoms with Gasteiger partial charge in [0.05, 0.1) is 33.5 Å². The number of esters is 1. The number of aliphatic hydroxyl groups excluding tert-OH is 1. The number of ether oxygens (including phenoxy) is 6. The fourth-order valence-electron chi connectivity index (χ4n) is 3.89. The molecule has 0 radical (unpaired) electrons. The third-order valence-electron chi connectivity index (χ3n) is 5.84. The van der Waals surface area contributed by atoms with Crippen LogP contribution in [0.1, 0.15) is 16.7 Å². The second-order valence-electron chi connectivity index (χ2n) is 8.56. The first-order chi connectivity index (χ1) is 18.7. The topological polar surface area (TPSA) is 92.7 Å². The summed E-state index contributed by atoms with van der Waals surface area (Å²) >= 11 is 0. The molecule has 3 aromatic carbocycles. The van der Waals surface area contributed by atoms with Crippen LogP contribution in [0.2, 0.25) is 0 Å². The van der Waals surface area contributed by atoms with Crippen molar-refractivity contribution in [2.75, 3.05) is 27.6 Å². The van der Waals surface area contributed by atoms with E-state index in [0.29, 0.717) is 0 Å². The fraction of sp³-hybridized carbons (Fsp3) is 0.367. The lowest BCUT2D eigenvalue weighted by atomic mass is 10.0. The molecule has 0 fully saturated rings. The average Bonchev–Trinajstić information content (AvgIpc) is 2.98. The van der Waals surface area contributed by atoms with E-state index < -0.39 is 30.4 Å². The predicted molar refractivity (Wildman–Crippen MR) is 141 cm³/mol. The molecule has 0 heterocycles. The summed E-state index contributed by atoms with van der Waals surface area (Å²) in [7, 11) is 2.73. The highest BCUT2D eigenvalue weighted by molar-refractivity contribution is 5.75. The number of aliphatic hydroxyl groups is 1. The maximum Gasteiger partial charge on any atom is 0.337 e. The molecule has 8 heteroatoms. The second-order valence-corrected chi connectivity index (χ2v) is 8.56. The first-order valence-corrected chi connectivity index (χ1v) is 12.4. The normalized spacial score (nSPS) is 14.4. The van der Waals surface area contributed by atoms with Crippen LogP contribution >= 0.6 is 0 Å². The molecule has 0 aliphatic carbocycles. The lowest BCUT2D eigenvalue weighted by Crippen LogP contribution is -2.53. The molecule has 1 N–H and O–H groups in total. The number of methoxy groups -OCH3 is 2. The Balaban J connectivity index is 1.92. The zero-order valence-electron chi connectivity index (χ0n) is 21.8. The van der Waals surface area contributed by atoms with Crippen molar-refractivity contribution >= 4 is 5.97 Å². The highest BCUT2D eigenvalue weighted by atomic mass is 16.7. The zero-order chi connectivity index (χ0) is 27.0. The molecule has 0 saturated carbocycles. The van der Waals surface area contributed by atoms with Gasteiger partial charge in [-0.2, -0.15) is 0 Å². The van der Waals surface area contributed by atoms with Crippen molar-refractivity contribution in [3.63, 3.8) is 0 Å². The molecule has 0 aromatic heterocycles. The van der Waals surface area contributed by atoms with Crippen molar-refractivity contribution in [1.29, 1.82) is 0 Å². The van der Waals surface area contributed by atoms with E-state index in [1.165, 1.54) is 14.2 Å². The molecule has 0 spiro atoms. The summed E-state index contributed by atoms with van der Waals surface area (Å²) in [6.45, 7) is 0.0304. The SMILES string of the molecule is COCO[C@@H](C(=O)OC)[C@@H](OCc1ccccc1)[C@H](OCc1ccccc1)[C@H](CO)OCc1ccccc1. The molecule has 4 atom stereocenters. The number of carbonyl (C=O) groups excluding carboxylic acids is 1. The van der Waals surface area contributed by atoms with Gasteiger partial charge >= 0.3 is 5.97 Å². The maximum absolute atomic E-state index is 12.9. The van der Waals surface area contributed by atoms with Crippen molar-refractivity contribution in [2.24, 2.45) is 0 Å². The Labute approximate surface area is 224 Å². The Morgan fingerprint density at radius 2 is 1.11 bits per heavy atom. The summed E-state index contributed by atoms with van der Waals surface area (Å²) in [4.78, 5) is 12.9. The van der Waals surface area contributed by atoms with Gasteiger partial charge in [-0.15, -0.1) is 0 Å². The number of benzene rings is 3. The molecular formula is C30H36O8. The fourth-order valence-corrected chi connectivity index (χ4v) is 3.89. The summed E-state index contributed by atoms with van der Waals surface area (Å²) in [5.41, 5.74) is 2.72. The van der Waals surface area contributed by atoms with E-state index in [1.54, 1.807) is 0 Å². The Kier molecular flexibility index (Phi) is 12.9. The van der Waals surface area contributed by atoms with Gasteiger partial charge in [0.2, 0.25) is 0 Å². The highest BCUT2D eigenvalue weighted by Crippen LogP contribution is 2.23. The van der Waals surface area contributed by atoms with E-state index in [1.807, 2.05) is 91.0 Å². The van der Waals surface area contributed by atoms with Gasteiger partial charge in [-0.3, -0.25) is 0 Å². The van der Waals surface area contributed by atoms with Crippen LogP contribution in [0.25, 0.3) is 0 Å². The summed E-state index contributed by atoms with van der Waals surface area (Å²) in [6, 6.07) is 28.7. The largest absolute Gasteiger partial charge is 0.467 e. The Hall–Kier alpha value is -3.11. The molecule has 38 heavy (non-hydrogen) atoms. The smallest absolute Gasteiger partial charge is 0.337 e. The van der Waals surface area contributed by atoms with Crippen molar-refractivity contribution in [1.82, 2.24) is 0 Å². The van der Waals surface area contributed by atoms with Gasteiger partial charge in [0.15, 0.2) is 6.10 Å². The quantitative estimate of drug-likeness (QED) is 0.210. The second kappa shape index (κ2) is 16.7. The number of hydrogen-bond donors (Lipinski definition) is 1. The van der Waals surface area contributed by atoms with Gasteiger partial charge < -0.3 is 33.5 Å². The van der Waals surface area contributed by atoms with E-state index in [4.69, 9.17) is 28.4 Å². The molecular weight excluding hydrogens is 488 g/mol. The minimum atomic E-state index is -1.21. The molecule has 3 aromatic rings. The third-order valence-corrected chi connectivity index (χ3v) is 5.84. The van der Waals surface area contributed by atoms with E-state index in [9.17, 15) is 9.90 Å². The van der Waals surface area contributed by atoms with Crippen LogP contribution in [0.15, 0.2) is 91.0 Å². The van der Waals surface area contributed by atoms with Gasteiger partial charge in [-0.05, 0) is 16.7 Å². The van der Waals surface area contributed by atoms with Crippen LogP contribution in [0.5, 0.6) is 0 Å². The van der Waals surface area contributed by atoms with Crippen LogP contribution in [0.4, 0.5) is 0 Å². The van der Waals surface area contributed by atoms with Gasteiger partial charge in [0.1, 0.15) is 25.1 Å². The van der Waals surface area contributed by atoms with Crippen LogP contribution in [0.3, 0.4) is 0 Å².